The number of terminal acetylenes is 1. The molecule has 0 spiro atoms. The van der Waals surface area contributed by atoms with Gasteiger partial charge in [-0.2, -0.15) is 4.99 Å². The van der Waals surface area contributed by atoms with Crippen LogP contribution < -0.4 is 17.2 Å². The molecule has 15 heteroatoms. The lowest BCUT2D eigenvalue weighted by atomic mass is 10.1. The van der Waals surface area contributed by atoms with Crippen molar-refractivity contribution in [1.29, 1.82) is 0 Å². The van der Waals surface area contributed by atoms with Crippen LogP contribution in [0.25, 0.3) is 0 Å². The molecule has 0 aliphatic rings. The van der Waals surface area contributed by atoms with Gasteiger partial charge >= 0.3 is 23.9 Å². The molecule has 0 saturated carbocycles. The highest BCUT2D eigenvalue weighted by Gasteiger charge is 2.01. The summed E-state index contributed by atoms with van der Waals surface area (Å²) < 4.78 is 0. The molecule has 0 aromatic carbocycles. The molecule has 0 bridgehead atoms. The number of hydrogen-bond acceptors (Lipinski definition) is 8. The van der Waals surface area contributed by atoms with Gasteiger partial charge in [0.1, 0.15) is 6.54 Å². The molecular weight excluding hydrogens is 484 g/mol. The number of aliphatic imine (C=N–C) groups is 2. The Bertz CT molecular complexity index is 937. The zero-order valence-electron chi connectivity index (χ0n) is 18.4. The molecular formula is C20H26N6O8S. The molecule has 0 fully saturated rings. The first-order valence-corrected chi connectivity index (χ1v) is 10.3. The number of carboxylic acid groups (broad SMARTS) is 4. The van der Waals surface area contributed by atoms with Crippen LogP contribution in [0, 0.1) is 12.3 Å². The van der Waals surface area contributed by atoms with Gasteiger partial charge in [-0.1, -0.05) is 5.92 Å². The molecule has 0 atom stereocenters. The van der Waals surface area contributed by atoms with Gasteiger partial charge in [-0.05, 0) is 19.3 Å². The Morgan fingerprint density at radius 3 is 1.83 bits per heavy atom. The molecule has 0 radical (unpaired) electrons. The van der Waals surface area contributed by atoms with Crippen molar-refractivity contribution in [3.63, 3.8) is 0 Å². The van der Waals surface area contributed by atoms with Crippen LogP contribution in [0.4, 0.5) is 5.13 Å². The minimum absolute atomic E-state index is 0.0263. The van der Waals surface area contributed by atoms with Crippen molar-refractivity contribution >= 4 is 52.1 Å². The van der Waals surface area contributed by atoms with Gasteiger partial charge in [-0.15, -0.1) is 17.8 Å². The van der Waals surface area contributed by atoms with Gasteiger partial charge < -0.3 is 37.6 Å². The van der Waals surface area contributed by atoms with Crippen LogP contribution in [0.2, 0.25) is 0 Å². The van der Waals surface area contributed by atoms with Gasteiger partial charge in [0.25, 0.3) is 0 Å². The van der Waals surface area contributed by atoms with E-state index in [9.17, 15) is 19.2 Å². The third-order valence-electron chi connectivity index (χ3n) is 2.99. The number of aromatic nitrogens is 1. The molecule has 35 heavy (non-hydrogen) atoms. The lowest BCUT2D eigenvalue weighted by molar-refractivity contribution is -0.134. The van der Waals surface area contributed by atoms with E-state index in [0.29, 0.717) is 41.8 Å². The second-order valence-electron chi connectivity index (χ2n) is 5.90. The molecule has 0 aliphatic heterocycles. The van der Waals surface area contributed by atoms with Crippen molar-refractivity contribution in [2.24, 2.45) is 27.2 Å². The molecule has 1 heterocycles. The molecule has 14 nitrogen and oxygen atoms in total. The summed E-state index contributed by atoms with van der Waals surface area (Å²) in [7, 11) is 0. The maximum absolute atomic E-state index is 9.55. The number of carbonyl (C=O) groups is 4. The lowest BCUT2D eigenvalue weighted by Crippen LogP contribution is -2.21. The van der Waals surface area contributed by atoms with Gasteiger partial charge in [0.2, 0.25) is 5.13 Å². The first-order chi connectivity index (χ1) is 16.4. The van der Waals surface area contributed by atoms with Gasteiger partial charge in [0, 0.05) is 36.1 Å². The van der Waals surface area contributed by atoms with E-state index in [-0.39, 0.29) is 5.96 Å². The average molecular weight is 511 g/mol. The van der Waals surface area contributed by atoms with Crippen LogP contribution in [0.3, 0.4) is 0 Å². The quantitative estimate of drug-likeness (QED) is 0.0690. The fourth-order valence-corrected chi connectivity index (χ4v) is 2.44. The standard InChI is InChI=1S/C12H18N6S.2C4H4O4/c1-2-7-16-10(13)6-4-3-5-9-8-19-12(17-9)18-11(14)15;2*5-3(6)1-2-4(7)8/h1,8H,3-7H2,(H2,13,16)(H4,14,15,17,18);2*1-2H,(H,5,6)(H,7,8)/b;2*2-1-. The number of nitrogens with zero attached hydrogens (tertiary/aromatic N) is 3. The van der Waals surface area contributed by atoms with Crippen molar-refractivity contribution < 1.29 is 39.6 Å². The van der Waals surface area contributed by atoms with Crippen LogP contribution >= 0.6 is 11.3 Å². The van der Waals surface area contributed by atoms with E-state index in [1.165, 1.54) is 11.3 Å². The minimum Gasteiger partial charge on any atom is -0.478 e. The van der Waals surface area contributed by atoms with Gasteiger partial charge in [-0.3, -0.25) is 4.99 Å². The van der Waals surface area contributed by atoms with E-state index in [4.69, 9.17) is 44.1 Å². The number of nitrogens with two attached hydrogens (primary N) is 3. The number of hydrogen-bond donors (Lipinski definition) is 7. The van der Waals surface area contributed by atoms with Gasteiger partial charge in [0.05, 0.1) is 11.5 Å². The highest BCUT2D eigenvalue weighted by Crippen LogP contribution is 2.19. The number of aliphatic carboxylic acids is 4. The predicted molar refractivity (Wildman–Crippen MR) is 129 cm³/mol. The number of amidine groups is 1. The van der Waals surface area contributed by atoms with Crippen LogP contribution in [0.15, 0.2) is 39.7 Å². The van der Waals surface area contributed by atoms with Crippen LogP contribution in [0.1, 0.15) is 25.0 Å². The Labute approximate surface area is 204 Å². The molecule has 190 valence electrons. The Morgan fingerprint density at radius 1 is 0.943 bits per heavy atom. The number of unbranched alkanes of at least 4 members (excludes halogenated alkanes) is 1. The fourth-order valence-electron chi connectivity index (χ4n) is 1.70. The normalized spacial score (nSPS) is 10.3. The zero-order chi connectivity index (χ0) is 27.2. The van der Waals surface area contributed by atoms with Crippen molar-refractivity contribution in [3.05, 3.63) is 35.4 Å². The number of thiazole rings is 1. The van der Waals surface area contributed by atoms with Gasteiger partial charge in [-0.25, -0.2) is 24.2 Å². The Morgan fingerprint density at radius 2 is 1.43 bits per heavy atom. The smallest absolute Gasteiger partial charge is 0.328 e. The van der Waals surface area contributed by atoms with E-state index in [0.717, 1.165) is 31.4 Å². The van der Waals surface area contributed by atoms with E-state index >= 15 is 0 Å². The summed E-state index contributed by atoms with van der Waals surface area (Å²) in [6.07, 6.45) is 10.9. The molecule has 1 aromatic rings. The monoisotopic (exact) mass is 510 g/mol. The minimum atomic E-state index is -1.26. The number of guanidine groups is 1. The van der Waals surface area contributed by atoms with E-state index in [1.54, 1.807) is 0 Å². The predicted octanol–water partition coefficient (Wildman–Crippen LogP) is 0.175. The third-order valence-corrected chi connectivity index (χ3v) is 3.77. The first kappa shape index (κ1) is 32.5. The van der Waals surface area contributed by atoms with Crippen molar-refractivity contribution in [3.8, 4) is 12.3 Å². The van der Waals surface area contributed by atoms with E-state index in [1.807, 2.05) is 5.38 Å². The summed E-state index contributed by atoms with van der Waals surface area (Å²) in [6.45, 7) is 0.347. The van der Waals surface area contributed by atoms with Crippen LogP contribution in [-0.2, 0) is 25.6 Å². The highest BCUT2D eigenvalue weighted by molar-refractivity contribution is 7.13. The molecule has 0 unspecified atom stereocenters. The second kappa shape index (κ2) is 19.9. The SMILES string of the molecule is C#CCN=C(N)CCCCc1csc(N=C(N)N)n1.O=C(O)/C=C\C(=O)O.O=C(O)/C=C\C(=O)O. The van der Waals surface area contributed by atoms with Gasteiger partial charge in [0.15, 0.2) is 5.96 Å². The Kier molecular flexibility index (Phi) is 18.5. The maximum atomic E-state index is 9.55. The first-order valence-electron chi connectivity index (χ1n) is 9.41. The van der Waals surface area contributed by atoms with E-state index < -0.39 is 23.9 Å². The van der Waals surface area contributed by atoms with Crippen LogP contribution in [0.5, 0.6) is 0 Å². The largest absolute Gasteiger partial charge is 0.478 e. The number of aryl methyl sites for hydroxylation is 1. The Hall–Kier alpha value is -4.71. The second-order valence-corrected chi connectivity index (χ2v) is 6.73. The molecule has 0 amide bonds. The summed E-state index contributed by atoms with van der Waals surface area (Å²) in [4.78, 5) is 50.4. The topological polar surface area (TPSA) is 265 Å². The van der Waals surface area contributed by atoms with Crippen molar-refractivity contribution in [2.45, 2.75) is 25.7 Å². The molecule has 1 aromatic heterocycles. The molecule has 0 saturated heterocycles. The van der Waals surface area contributed by atoms with E-state index in [2.05, 4.69) is 20.9 Å². The van der Waals surface area contributed by atoms with Crippen molar-refractivity contribution in [2.75, 3.05) is 6.54 Å². The summed E-state index contributed by atoms with van der Waals surface area (Å²) in [5.41, 5.74) is 17.2. The average Bonchev–Trinajstić information content (AvgIpc) is 3.19. The summed E-state index contributed by atoms with van der Waals surface area (Å²) in [6, 6.07) is 0. The molecule has 1 rings (SSSR count). The Balaban J connectivity index is 0. The summed E-state index contributed by atoms with van der Waals surface area (Å²) in [5, 5.41) is 33.8. The lowest BCUT2D eigenvalue weighted by Gasteiger charge is -1.99. The number of rotatable bonds is 11. The summed E-state index contributed by atoms with van der Waals surface area (Å²) in [5.74, 6) is -1.97. The maximum Gasteiger partial charge on any atom is 0.328 e. The van der Waals surface area contributed by atoms with Crippen LogP contribution in [-0.4, -0.2) is 67.6 Å². The fraction of sp³-hybridized carbons (Fsp3) is 0.250. The third kappa shape index (κ3) is 25.4. The van der Waals surface area contributed by atoms with Crippen molar-refractivity contribution in [1.82, 2.24) is 4.98 Å². The number of carboxylic acids is 4. The highest BCUT2D eigenvalue weighted by atomic mass is 32.1. The molecule has 10 N–H and O–H groups in total. The zero-order valence-corrected chi connectivity index (χ0v) is 19.2. The molecule has 0 aliphatic carbocycles. The summed E-state index contributed by atoms with van der Waals surface area (Å²) >= 11 is 1.42.